The van der Waals surface area contributed by atoms with Crippen molar-refractivity contribution in [2.45, 2.75) is 33.4 Å². The highest BCUT2D eigenvalue weighted by atomic mass is 127. The number of hydrogen-bond acceptors (Lipinski definition) is 3. The zero-order valence-corrected chi connectivity index (χ0v) is 18.9. The first-order valence-electron chi connectivity index (χ1n) is 9.49. The molecular weight excluding hydrogens is 449 g/mol. The van der Waals surface area contributed by atoms with Gasteiger partial charge in [0.25, 0.3) is 0 Å². The van der Waals surface area contributed by atoms with Gasteiger partial charge in [0.2, 0.25) is 0 Å². The number of pyridine rings is 1. The van der Waals surface area contributed by atoms with Gasteiger partial charge in [-0.1, -0.05) is 50.2 Å². The van der Waals surface area contributed by atoms with Gasteiger partial charge in [0, 0.05) is 19.3 Å². The molecule has 0 aliphatic rings. The van der Waals surface area contributed by atoms with Gasteiger partial charge in [-0.05, 0) is 37.7 Å². The fourth-order valence-corrected chi connectivity index (χ4v) is 2.98. The van der Waals surface area contributed by atoms with Gasteiger partial charge in [-0.2, -0.15) is 0 Å². The number of aromatic nitrogens is 1. The van der Waals surface area contributed by atoms with E-state index in [1.807, 2.05) is 18.2 Å². The van der Waals surface area contributed by atoms with Crippen molar-refractivity contribution in [3.05, 3.63) is 66.0 Å². The maximum Gasteiger partial charge on any atom is 0.191 e. The van der Waals surface area contributed by atoms with Crippen LogP contribution in [0.5, 0.6) is 0 Å². The predicted octanol–water partition coefficient (Wildman–Crippen LogP) is 3.84. The quantitative estimate of drug-likeness (QED) is 0.325. The number of hydrogen-bond donors (Lipinski definition) is 2. The standard InChI is InChI=1S/C21H31N5.HI/c1-4-22-21(24-16-19-14-10-11-15-23-19)25-17-20(26(5-2)6-3)18-12-8-7-9-13-18;/h7-15,20H,4-6,16-17H2,1-3H3,(H2,22,24,25);1H. The zero-order valence-electron chi connectivity index (χ0n) is 16.6. The highest BCUT2D eigenvalue weighted by Crippen LogP contribution is 2.19. The van der Waals surface area contributed by atoms with Crippen molar-refractivity contribution in [2.24, 2.45) is 4.99 Å². The van der Waals surface area contributed by atoms with Gasteiger partial charge >= 0.3 is 0 Å². The van der Waals surface area contributed by atoms with Crippen molar-refractivity contribution in [1.82, 2.24) is 20.5 Å². The largest absolute Gasteiger partial charge is 0.357 e. The monoisotopic (exact) mass is 481 g/mol. The van der Waals surface area contributed by atoms with Crippen LogP contribution >= 0.6 is 24.0 Å². The lowest BCUT2D eigenvalue weighted by atomic mass is 10.1. The lowest BCUT2D eigenvalue weighted by Crippen LogP contribution is -2.43. The molecule has 0 aliphatic carbocycles. The van der Waals surface area contributed by atoms with Crippen LogP contribution in [0.1, 0.15) is 38.1 Å². The first-order valence-corrected chi connectivity index (χ1v) is 9.49. The van der Waals surface area contributed by atoms with Crippen molar-refractivity contribution >= 4 is 29.9 Å². The summed E-state index contributed by atoms with van der Waals surface area (Å²) < 4.78 is 0. The highest BCUT2D eigenvalue weighted by molar-refractivity contribution is 14.0. The average Bonchev–Trinajstić information content (AvgIpc) is 2.70. The summed E-state index contributed by atoms with van der Waals surface area (Å²) in [5.41, 5.74) is 2.29. The van der Waals surface area contributed by atoms with Gasteiger partial charge < -0.3 is 10.6 Å². The normalized spacial score (nSPS) is 12.4. The lowest BCUT2D eigenvalue weighted by Gasteiger charge is -2.30. The molecule has 0 amide bonds. The topological polar surface area (TPSA) is 52.6 Å². The Morgan fingerprint density at radius 3 is 2.30 bits per heavy atom. The number of rotatable bonds is 9. The Labute approximate surface area is 180 Å². The van der Waals surface area contributed by atoms with Crippen LogP contribution in [0.25, 0.3) is 0 Å². The molecule has 2 aromatic rings. The minimum Gasteiger partial charge on any atom is -0.357 e. The molecule has 0 saturated heterocycles. The summed E-state index contributed by atoms with van der Waals surface area (Å²) in [7, 11) is 0. The fourth-order valence-electron chi connectivity index (χ4n) is 2.98. The number of nitrogens with zero attached hydrogens (tertiary/aromatic N) is 3. The minimum absolute atomic E-state index is 0. The van der Waals surface area contributed by atoms with Crippen LogP contribution < -0.4 is 10.6 Å². The van der Waals surface area contributed by atoms with E-state index in [-0.39, 0.29) is 24.0 Å². The molecule has 5 nitrogen and oxygen atoms in total. The van der Waals surface area contributed by atoms with E-state index in [9.17, 15) is 0 Å². The predicted molar refractivity (Wildman–Crippen MR) is 125 cm³/mol. The van der Waals surface area contributed by atoms with Crippen LogP contribution in [-0.4, -0.2) is 42.0 Å². The van der Waals surface area contributed by atoms with Crippen molar-refractivity contribution in [2.75, 3.05) is 26.2 Å². The smallest absolute Gasteiger partial charge is 0.191 e. The van der Waals surface area contributed by atoms with Crippen molar-refractivity contribution in [3.8, 4) is 0 Å². The first kappa shape index (κ1) is 23.4. The Balaban J connectivity index is 0.00000364. The summed E-state index contributed by atoms with van der Waals surface area (Å²) in [4.78, 5) is 11.5. The molecule has 0 aliphatic heterocycles. The van der Waals surface area contributed by atoms with Crippen LogP contribution in [0.15, 0.2) is 59.7 Å². The van der Waals surface area contributed by atoms with E-state index >= 15 is 0 Å². The summed E-state index contributed by atoms with van der Waals surface area (Å²) >= 11 is 0. The maximum absolute atomic E-state index is 4.67. The Bertz CT molecular complexity index is 644. The third-order valence-electron chi connectivity index (χ3n) is 4.37. The molecule has 148 valence electrons. The molecule has 1 atom stereocenters. The third kappa shape index (κ3) is 7.84. The molecule has 0 bridgehead atoms. The van der Waals surface area contributed by atoms with Crippen LogP contribution in [0, 0.1) is 0 Å². The fraction of sp³-hybridized carbons (Fsp3) is 0.429. The molecule has 2 N–H and O–H groups in total. The number of aliphatic imine (C=N–C) groups is 1. The Hall–Kier alpha value is -1.67. The molecule has 0 radical (unpaired) electrons. The summed E-state index contributed by atoms with van der Waals surface area (Å²) in [6.07, 6.45) is 1.80. The molecule has 27 heavy (non-hydrogen) atoms. The van der Waals surface area contributed by atoms with Crippen LogP contribution in [0.2, 0.25) is 0 Å². The number of benzene rings is 1. The Morgan fingerprint density at radius 1 is 1.00 bits per heavy atom. The summed E-state index contributed by atoms with van der Waals surface area (Å²) in [6, 6.07) is 16.9. The number of guanidine groups is 1. The second-order valence-corrected chi connectivity index (χ2v) is 6.04. The lowest BCUT2D eigenvalue weighted by molar-refractivity contribution is 0.219. The minimum atomic E-state index is 0. The van der Waals surface area contributed by atoms with E-state index in [0.29, 0.717) is 12.6 Å². The van der Waals surface area contributed by atoms with E-state index in [0.717, 1.165) is 37.8 Å². The Morgan fingerprint density at radius 2 is 1.70 bits per heavy atom. The van der Waals surface area contributed by atoms with Crippen LogP contribution in [-0.2, 0) is 6.54 Å². The van der Waals surface area contributed by atoms with E-state index in [4.69, 9.17) is 0 Å². The van der Waals surface area contributed by atoms with Crippen LogP contribution in [0.4, 0.5) is 0 Å². The van der Waals surface area contributed by atoms with E-state index < -0.39 is 0 Å². The average molecular weight is 481 g/mol. The SMILES string of the molecule is CCNC(=NCc1ccccn1)NCC(c1ccccc1)N(CC)CC.I. The van der Waals surface area contributed by atoms with Crippen molar-refractivity contribution in [3.63, 3.8) is 0 Å². The van der Waals surface area contributed by atoms with E-state index in [1.54, 1.807) is 6.20 Å². The Kier molecular flexibility index (Phi) is 11.7. The summed E-state index contributed by atoms with van der Waals surface area (Å²) in [5.74, 6) is 0.825. The maximum atomic E-state index is 4.67. The molecule has 1 aromatic heterocycles. The molecule has 0 spiro atoms. The van der Waals surface area contributed by atoms with Gasteiger partial charge in [0.15, 0.2) is 5.96 Å². The molecule has 2 rings (SSSR count). The van der Waals surface area contributed by atoms with Crippen molar-refractivity contribution < 1.29 is 0 Å². The summed E-state index contributed by atoms with van der Waals surface area (Å²) in [6.45, 7) is 10.7. The van der Waals surface area contributed by atoms with Crippen molar-refractivity contribution in [1.29, 1.82) is 0 Å². The van der Waals surface area contributed by atoms with Gasteiger partial charge in [-0.15, -0.1) is 24.0 Å². The van der Waals surface area contributed by atoms with Gasteiger partial charge in [-0.25, -0.2) is 4.99 Å². The third-order valence-corrected chi connectivity index (χ3v) is 4.37. The summed E-state index contributed by atoms with van der Waals surface area (Å²) in [5, 5.41) is 6.84. The van der Waals surface area contributed by atoms with Gasteiger partial charge in [-0.3, -0.25) is 9.88 Å². The zero-order chi connectivity index (χ0) is 18.6. The molecule has 1 unspecified atom stereocenters. The second-order valence-electron chi connectivity index (χ2n) is 6.04. The number of likely N-dealkylation sites (N-methyl/N-ethyl adjacent to an activating group) is 1. The molecule has 1 heterocycles. The molecule has 0 fully saturated rings. The number of halogens is 1. The molecule has 6 heteroatoms. The van der Waals surface area contributed by atoms with E-state index in [1.165, 1.54) is 5.56 Å². The molecule has 1 aromatic carbocycles. The highest BCUT2D eigenvalue weighted by Gasteiger charge is 2.18. The second kappa shape index (κ2) is 13.5. The van der Waals surface area contributed by atoms with Crippen LogP contribution in [0.3, 0.4) is 0 Å². The molecule has 0 saturated carbocycles. The van der Waals surface area contributed by atoms with Gasteiger partial charge in [0.05, 0.1) is 18.3 Å². The number of nitrogens with one attached hydrogen (secondary N) is 2. The first-order chi connectivity index (χ1) is 12.8. The van der Waals surface area contributed by atoms with E-state index in [2.05, 4.69) is 76.6 Å². The van der Waals surface area contributed by atoms with Gasteiger partial charge in [0.1, 0.15) is 0 Å². The molecular formula is C21H32IN5.